The minimum absolute atomic E-state index is 0.133. The van der Waals surface area contributed by atoms with Crippen molar-refractivity contribution in [2.75, 3.05) is 26.4 Å². The number of esters is 1. The Morgan fingerprint density at radius 3 is 2.32 bits per heavy atom. The van der Waals surface area contributed by atoms with Gasteiger partial charge in [0.05, 0.1) is 25.4 Å². The van der Waals surface area contributed by atoms with Crippen LogP contribution in [0.4, 0.5) is 0 Å². The van der Waals surface area contributed by atoms with E-state index in [1.807, 2.05) is 25.1 Å². The molecule has 1 rings (SSSR count). The van der Waals surface area contributed by atoms with E-state index in [4.69, 9.17) is 14.6 Å². The Hall–Kier alpha value is -1.39. The van der Waals surface area contributed by atoms with Gasteiger partial charge in [0.25, 0.3) is 0 Å². The second-order valence-electron chi connectivity index (χ2n) is 3.78. The maximum atomic E-state index is 11.3. The van der Waals surface area contributed by atoms with Crippen LogP contribution in [-0.2, 0) is 9.47 Å². The first kappa shape index (κ1) is 17.6. The second kappa shape index (κ2) is 13.1. The lowest BCUT2D eigenvalue weighted by molar-refractivity contribution is 0.0500. The minimum Gasteiger partial charge on any atom is -0.462 e. The first-order valence-corrected chi connectivity index (χ1v) is 6.67. The maximum absolute atomic E-state index is 11.3. The van der Waals surface area contributed by atoms with Gasteiger partial charge >= 0.3 is 5.97 Å². The molecule has 108 valence electrons. The Morgan fingerprint density at radius 1 is 1.16 bits per heavy atom. The van der Waals surface area contributed by atoms with Crippen molar-refractivity contribution in [2.45, 2.75) is 26.7 Å². The maximum Gasteiger partial charge on any atom is 0.338 e. The number of unbranched alkanes of at least 4 members (excludes halogenated alkanes) is 1. The van der Waals surface area contributed by atoms with Crippen molar-refractivity contribution in [3.63, 3.8) is 0 Å². The summed E-state index contributed by atoms with van der Waals surface area (Å²) in [5, 5.41) is 8.07. The summed E-state index contributed by atoms with van der Waals surface area (Å²) in [4.78, 5) is 11.3. The Kier molecular flexibility index (Phi) is 12.1. The van der Waals surface area contributed by atoms with Crippen LogP contribution < -0.4 is 0 Å². The molecule has 0 fully saturated rings. The van der Waals surface area contributed by atoms with Crippen LogP contribution >= 0.6 is 0 Å². The number of carbonyl (C=O) groups is 1. The Balaban J connectivity index is 0.000000459. The number of ether oxygens (including phenoxy) is 2. The van der Waals surface area contributed by atoms with Gasteiger partial charge in [0.15, 0.2) is 0 Å². The van der Waals surface area contributed by atoms with Gasteiger partial charge in [0.2, 0.25) is 0 Å². The lowest BCUT2D eigenvalue weighted by Gasteiger charge is -2.02. The summed E-state index contributed by atoms with van der Waals surface area (Å²) in [6.07, 6.45) is 1.97. The molecule has 0 saturated carbocycles. The van der Waals surface area contributed by atoms with E-state index >= 15 is 0 Å². The van der Waals surface area contributed by atoms with Crippen LogP contribution in [0.5, 0.6) is 0 Å². The van der Waals surface area contributed by atoms with Gasteiger partial charge in [-0.3, -0.25) is 0 Å². The van der Waals surface area contributed by atoms with Crippen LogP contribution in [0.3, 0.4) is 0 Å². The molecule has 0 aromatic heterocycles. The third-order valence-corrected chi connectivity index (χ3v) is 2.18. The molecule has 19 heavy (non-hydrogen) atoms. The molecule has 0 atom stereocenters. The van der Waals surface area contributed by atoms with E-state index in [0.717, 1.165) is 12.8 Å². The largest absolute Gasteiger partial charge is 0.462 e. The van der Waals surface area contributed by atoms with E-state index in [1.54, 1.807) is 12.1 Å². The van der Waals surface area contributed by atoms with Gasteiger partial charge in [0.1, 0.15) is 0 Å². The van der Waals surface area contributed by atoms with Crippen LogP contribution in [0.25, 0.3) is 0 Å². The fraction of sp³-hybridized carbons (Fsp3) is 0.533. The lowest BCUT2D eigenvalue weighted by Crippen LogP contribution is -2.05. The zero-order valence-corrected chi connectivity index (χ0v) is 11.8. The number of carbonyl (C=O) groups excluding carboxylic acids is 1. The molecule has 0 saturated heterocycles. The van der Waals surface area contributed by atoms with Gasteiger partial charge in [-0.15, -0.1) is 0 Å². The van der Waals surface area contributed by atoms with Crippen molar-refractivity contribution in [1.29, 1.82) is 0 Å². The van der Waals surface area contributed by atoms with Crippen LogP contribution in [0.2, 0.25) is 0 Å². The standard InChI is InChI=1S/C11H14O2.C4H10O2/c1-2-3-9-13-11(12)10-7-5-4-6-8-10;1-2-6-4-3-5/h4-8H,2-3,9H2,1H3;5H,2-4H2,1H3. The summed E-state index contributed by atoms with van der Waals surface area (Å²) in [5.41, 5.74) is 0.624. The fourth-order valence-electron chi connectivity index (χ4n) is 1.18. The topological polar surface area (TPSA) is 55.8 Å². The SMILES string of the molecule is CCCCOC(=O)c1ccccc1.CCOCCO. The smallest absolute Gasteiger partial charge is 0.338 e. The summed E-state index contributed by atoms with van der Waals surface area (Å²) in [5.74, 6) is -0.228. The fourth-order valence-corrected chi connectivity index (χ4v) is 1.18. The first-order valence-electron chi connectivity index (χ1n) is 6.67. The summed E-state index contributed by atoms with van der Waals surface area (Å²) in [6.45, 7) is 5.78. The van der Waals surface area contributed by atoms with E-state index in [-0.39, 0.29) is 12.6 Å². The molecule has 1 N–H and O–H groups in total. The summed E-state index contributed by atoms with van der Waals surface area (Å²) in [6, 6.07) is 9.05. The van der Waals surface area contributed by atoms with Gasteiger partial charge in [-0.05, 0) is 25.5 Å². The highest BCUT2D eigenvalue weighted by Gasteiger charge is 2.03. The predicted octanol–water partition coefficient (Wildman–Crippen LogP) is 2.66. The van der Waals surface area contributed by atoms with E-state index < -0.39 is 0 Å². The number of aliphatic hydroxyl groups is 1. The summed E-state index contributed by atoms with van der Waals surface area (Å²) in [7, 11) is 0. The van der Waals surface area contributed by atoms with Crippen LogP contribution in [0, 0.1) is 0 Å². The number of rotatable bonds is 7. The van der Waals surface area contributed by atoms with Gasteiger partial charge in [-0.1, -0.05) is 31.5 Å². The van der Waals surface area contributed by atoms with Crippen molar-refractivity contribution >= 4 is 5.97 Å². The third-order valence-electron chi connectivity index (χ3n) is 2.18. The molecule has 0 heterocycles. The summed E-state index contributed by atoms with van der Waals surface area (Å²) >= 11 is 0. The molecule has 0 aliphatic carbocycles. The molecule has 0 spiro atoms. The van der Waals surface area contributed by atoms with E-state index in [2.05, 4.69) is 6.92 Å². The quantitative estimate of drug-likeness (QED) is 0.610. The van der Waals surface area contributed by atoms with E-state index in [0.29, 0.717) is 25.4 Å². The highest BCUT2D eigenvalue weighted by molar-refractivity contribution is 5.89. The van der Waals surface area contributed by atoms with Crippen molar-refractivity contribution in [2.24, 2.45) is 0 Å². The van der Waals surface area contributed by atoms with Gasteiger partial charge in [-0.25, -0.2) is 4.79 Å². The van der Waals surface area contributed by atoms with Crippen LogP contribution in [-0.4, -0.2) is 37.5 Å². The Morgan fingerprint density at radius 2 is 1.84 bits per heavy atom. The van der Waals surface area contributed by atoms with E-state index in [9.17, 15) is 4.79 Å². The molecule has 1 aromatic carbocycles. The highest BCUT2D eigenvalue weighted by Crippen LogP contribution is 2.01. The van der Waals surface area contributed by atoms with Crippen molar-refractivity contribution < 1.29 is 19.4 Å². The monoisotopic (exact) mass is 268 g/mol. The predicted molar refractivity (Wildman–Crippen MR) is 75.2 cm³/mol. The average Bonchev–Trinajstić information content (AvgIpc) is 2.47. The molecular formula is C15H24O4. The molecule has 1 aromatic rings. The van der Waals surface area contributed by atoms with Gasteiger partial charge in [-0.2, -0.15) is 0 Å². The van der Waals surface area contributed by atoms with Crippen LogP contribution in [0.1, 0.15) is 37.0 Å². The molecule has 0 aliphatic rings. The Labute approximate surface area is 115 Å². The number of hydrogen-bond acceptors (Lipinski definition) is 4. The van der Waals surface area contributed by atoms with E-state index in [1.165, 1.54) is 0 Å². The highest BCUT2D eigenvalue weighted by atomic mass is 16.5. The molecule has 0 radical (unpaired) electrons. The average molecular weight is 268 g/mol. The summed E-state index contributed by atoms with van der Waals surface area (Å²) < 4.78 is 9.76. The number of hydrogen-bond donors (Lipinski definition) is 1. The van der Waals surface area contributed by atoms with Crippen molar-refractivity contribution in [1.82, 2.24) is 0 Å². The van der Waals surface area contributed by atoms with Crippen molar-refractivity contribution in [3.05, 3.63) is 35.9 Å². The second-order valence-corrected chi connectivity index (χ2v) is 3.78. The first-order chi connectivity index (χ1) is 9.26. The molecule has 0 amide bonds. The normalized spacial score (nSPS) is 9.42. The number of benzene rings is 1. The lowest BCUT2D eigenvalue weighted by atomic mass is 10.2. The Bertz CT molecular complexity index is 307. The zero-order chi connectivity index (χ0) is 14.3. The molecule has 0 aliphatic heterocycles. The van der Waals surface area contributed by atoms with Gasteiger partial charge in [0, 0.05) is 6.61 Å². The zero-order valence-electron chi connectivity index (χ0n) is 11.8. The van der Waals surface area contributed by atoms with Crippen LogP contribution in [0.15, 0.2) is 30.3 Å². The molecule has 4 nitrogen and oxygen atoms in total. The molecular weight excluding hydrogens is 244 g/mol. The molecule has 0 bridgehead atoms. The minimum atomic E-state index is -0.228. The van der Waals surface area contributed by atoms with Gasteiger partial charge < -0.3 is 14.6 Å². The molecule has 0 unspecified atom stereocenters. The molecule has 4 heteroatoms. The number of aliphatic hydroxyl groups excluding tert-OH is 1. The third kappa shape index (κ3) is 10.2. The van der Waals surface area contributed by atoms with Crippen molar-refractivity contribution in [3.8, 4) is 0 Å².